The van der Waals surface area contributed by atoms with Gasteiger partial charge >= 0.3 is 0 Å². The summed E-state index contributed by atoms with van der Waals surface area (Å²) in [5, 5.41) is 0. The summed E-state index contributed by atoms with van der Waals surface area (Å²) in [6, 6.07) is 6.25. The van der Waals surface area contributed by atoms with Gasteiger partial charge in [-0.3, -0.25) is 0 Å². The van der Waals surface area contributed by atoms with Gasteiger partial charge in [-0.15, -0.1) is 0 Å². The number of hydrogen-bond donors (Lipinski definition) is 1. The van der Waals surface area contributed by atoms with Crippen molar-refractivity contribution in [2.45, 2.75) is 31.9 Å². The fourth-order valence-corrected chi connectivity index (χ4v) is 2.98. The van der Waals surface area contributed by atoms with Crippen LogP contribution in [0.3, 0.4) is 0 Å². The zero-order chi connectivity index (χ0) is 12.5. The van der Waals surface area contributed by atoms with Crippen LogP contribution in [-0.2, 0) is 11.3 Å². The number of imidazole rings is 1. The van der Waals surface area contributed by atoms with Crippen molar-refractivity contribution < 1.29 is 4.74 Å². The topological polar surface area (TPSA) is 53.1 Å². The quantitative estimate of drug-likeness (QED) is 0.860. The number of nitrogens with zero attached hydrogens (tertiary/aromatic N) is 2. The van der Waals surface area contributed by atoms with Crippen molar-refractivity contribution in [2.75, 3.05) is 12.3 Å². The van der Waals surface area contributed by atoms with Crippen LogP contribution in [-0.4, -0.2) is 22.3 Å². The van der Waals surface area contributed by atoms with E-state index in [-0.39, 0.29) is 0 Å². The molecule has 0 amide bonds. The Kier molecular flexibility index (Phi) is 3.43. The normalized spacial score (nSPS) is 19.7. The van der Waals surface area contributed by atoms with Gasteiger partial charge in [0, 0.05) is 16.7 Å². The molecule has 0 radical (unpaired) electrons. The summed E-state index contributed by atoms with van der Waals surface area (Å²) >= 11 is 2.29. The Bertz CT molecular complexity index is 561. The third kappa shape index (κ3) is 2.33. The first kappa shape index (κ1) is 12.2. The number of ether oxygens (including phenoxy) is 1. The summed E-state index contributed by atoms with van der Waals surface area (Å²) in [5.41, 5.74) is 8.09. The molecule has 0 aliphatic carbocycles. The summed E-state index contributed by atoms with van der Waals surface area (Å²) < 4.78 is 8.92. The Morgan fingerprint density at radius 3 is 3.17 bits per heavy atom. The third-order valence-corrected chi connectivity index (χ3v) is 4.11. The van der Waals surface area contributed by atoms with Gasteiger partial charge in [0.25, 0.3) is 0 Å². The van der Waals surface area contributed by atoms with Crippen LogP contribution in [0.2, 0.25) is 0 Å². The zero-order valence-electron chi connectivity index (χ0n) is 10.1. The number of aryl methyl sites for hydroxylation is 1. The Labute approximate surface area is 120 Å². The molecule has 1 atom stereocenters. The van der Waals surface area contributed by atoms with Gasteiger partial charge in [-0.2, -0.15) is 0 Å². The lowest BCUT2D eigenvalue weighted by Crippen LogP contribution is -2.11. The molecule has 3 rings (SSSR count). The lowest BCUT2D eigenvalue weighted by Gasteiger charge is -2.11. The highest BCUT2D eigenvalue weighted by Gasteiger charge is 2.16. The maximum Gasteiger partial charge on any atom is 0.201 e. The van der Waals surface area contributed by atoms with Gasteiger partial charge in [-0.25, -0.2) is 4.98 Å². The van der Waals surface area contributed by atoms with Gasteiger partial charge in [0.1, 0.15) is 0 Å². The predicted molar refractivity (Wildman–Crippen MR) is 80.5 cm³/mol. The summed E-state index contributed by atoms with van der Waals surface area (Å²) in [6.45, 7) is 1.79. The van der Waals surface area contributed by atoms with Crippen molar-refractivity contribution >= 4 is 39.6 Å². The first-order valence-electron chi connectivity index (χ1n) is 6.27. The molecule has 2 N–H and O–H groups in total. The first-order valence-corrected chi connectivity index (χ1v) is 7.35. The number of halogens is 1. The first-order chi connectivity index (χ1) is 8.74. The van der Waals surface area contributed by atoms with Crippen LogP contribution in [0, 0.1) is 3.57 Å². The van der Waals surface area contributed by atoms with Crippen LogP contribution in [0.1, 0.15) is 19.3 Å². The van der Waals surface area contributed by atoms with Crippen LogP contribution in [0.5, 0.6) is 0 Å². The van der Waals surface area contributed by atoms with Gasteiger partial charge in [-0.05, 0) is 60.1 Å². The molecule has 1 fully saturated rings. The lowest BCUT2D eigenvalue weighted by molar-refractivity contribution is 0.101. The van der Waals surface area contributed by atoms with Crippen molar-refractivity contribution in [1.82, 2.24) is 9.55 Å². The van der Waals surface area contributed by atoms with E-state index in [0.717, 1.165) is 30.6 Å². The molecule has 2 heterocycles. The molecule has 2 aromatic rings. The average molecular weight is 357 g/mol. The summed E-state index contributed by atoms with van der Waals surface area (Å²) in [4.78, 5) is 4.41. The largest absolute Gasteiger partial charge is 0.378 e. The molecule has 0 saturated carbocycles. The van der Waals surface area contributed by atoms with Crippen molar-refractivity contribution in [2.24, 2.45) is 0 Å². The molecule has 0 spiro atoms. The minimum absolute atomic E-state index is 0.394. The second-order valence-corrected chi connectivity index (χ2v) is 5.92. The van der Waals surface area contributed by atoms with E-state index in [1.807, 2.05) is 0 Å². The number of hydrogen-bond acceptors (Lipinski definition) is 3. The zero-order valence-corrected chi connectivity index (χ0v) is 12.3. The van der Waals surface area contributed by atoms with Crippen LogP contribution in [0.4, 0.5) is 5.95 Å². The van der Waals surface area contributed by atoms with Gasteiger partial charge < -0.3 is 15.0 Å². The maximum atomic E-state index is 6.00. The smallest absolute Gasteiger partial charge is 0.201 e. The van der Waals surface area contributed by atoms with Crippen LogP contribution >= 0.6 is 22.6 Å². The maximum absolute atomic E-state index is 6.00. The van der Waals surface area contributed by atoms with Crippen LogP contribution in [0.25, 0.3) is 11.0 Å². The number of aromatic nitrogens is 2. The molecular weight excluding hydrogens is 341 g/mol. The second kappa shape index (κ2) is 5.05. The van der Waals surface area contributed by atoms with Crippen LogP contribution < -0.4 is 5.73 Å². The van der Waals surface area contributed by atoms with Gasteiger partial charge in [0.05, 0.1) is 17.1 Å². The highest BCUT2D eigenvalue weighted by atomic mass is 127. The molecule has 0 bridgehead atoms. The van der Waals surface area contributed by atoms with Gasteiger partial charge in [0.2, 0.25) is 5.95 Å². The van der Waals surface area contributed by atoms with Gasteiger partial charge in [0.15, 0.2) is 0 Å². The second-order valence-electron chi connectivity index (χ2n) is 4.68. The minimum atomic E-state index is 0.394. The number of fused-ring (bicyclic) bond motifs is 1. The molecule has 1 aliphatic heterocycles. The number of rotatable bonds is 3. The van der Waals surface area contributed by atoms with Crippen molar-refractivity contribution in [3.63, 3.8) is 0 Å². The van der Waals surface area contributed by atoms with E-state index in [4.69, 9.17) is 10.5 Å². The van der Waals surface area contributed by atoms with Crippen molar-refractivity contribution in [3.05, 3.63) is 21.8 Å². The molecule has 1 unspecified atom stereocenters. The van der Waals surface area contributed by atoms with Crippen molar-refractivity contribution in [1.29, 1.82) is 0 Å². The molecule has 18 heavy (non-hydrogen) atoms. The summed E-state index contributed by atoms with van der Waals surface area (Å²) in [7, 11) is 0. The average Bonchev–Trinajstić information content (AvgIpc) is 2.93. The molecule has 5 heteroatoms. The molecule has 1 aromatic carbocycles. The van der Waals surface area contributed by atoms with E-state index in [1.165, 1.54) is 16.4 Å². The monoisotopic (exact) mass is 357 g/mol. The lowest BCUT2D eigenvalue weighted by atomic mass is 10.2. The molecule has 4 nitrogen and oxygen atoms in total. The minimum Gasteiger partial charge on any atom is -0.378 e. The Morgan fingerprint density at radius 2 is 2.39 bits per heavy atom. The number of benzene rings is 1. The Morgan fingerprint density at radius 1 is 1.50 bits per heavy atom. The van der Waals surface area contributed by atoms with E-state index in [9.17, 15) is 0 Å². The highest BCUT2D eigenvalue weighted by Crippen LogP contribution is 2.22. The molecule has 96 valence electrons. The predicted octanol–water partition coefficient (Wildman–Crippen LogP) is 2.79. The highest BCUT2D eigenvalue weighted by molar-refractivity contribution is 14.1. The Balaban J connectivity index is 1.84. The fraction of sp³-hybridized carbons (Fsp3) is 0.462. The molecule has 1 aromatic heterocycles. The van der Waals surface area contributed by atoms with Gasteiger partial charge in [-0.1, -0.05) is 0 Å². The molecule has 1 saturated heterocycles. The molecule has 1 aliphatic rings. The van der Waals surface area contributed by atoms with Crippen molar-refractivity contribution in [3.8, 4) is 0 Å². The molecular formula is C13H16IN3O. The van der Waals surface area contributed by atoms with Crippen LogP contribution in [0.15, 0.2) is 18.2 Å². The van der Waals surface area contributed by atoms with E-state index >= 15 is 0 Å². The van der Waals surface area contributed by atoms with E-state index in [1.54, 1.807) is 0 Å². The number of anilines is 1. The SMILES string of the molecule is Nc1nc2cc(I)ccc2n1CCC1CCCO1. The number of nitrogen functional groups attached to an aromatic ring is 1. The van der Waals surface area contributed by atoms with E-state index in [2.05, 4.69) is 50.3 Å². The fourth-order valence-electron chi connectivity index (χ4n) is 2.50. The Hall–Kier alpha value is -0.820. The third-order valence-electron chi connectivity index (χ3n) is 3.44. The van der Waals surface area contributed by atoms with E-state index < -0.39 is 0 Å². The standard InChI is InChI=1S/C13H16IN3O/c14-9-3-4-12-11(8-9)16-13(15)17(12)6-5-10-2-1-7-18-10/h3-4,8,10H,1-2,5-7H2,(H2,15,16). The number of nitrogens with two attached hydrogens (primary N) is 1. The summed E-state index contributed by atoms with van der Waals surface area (Å²) in [5.74, 6) is 0.602. The summed E-state index contributed by atoms with van der Waals surface area (Å²) in [6.07, 6.45) is 3.76. The van der Waals surface area contributed by atoms with E-state index in [0.29, 0.717) is 12.1 Å².